The average Bonchev–Trinajstić information content (AvgIpc) is 2.00. The first-order valence-electron chi connectivity index (χ1n) is 3.72. The van der Waals surface area contributed by atoms with E-state index in [1.165, 1.54) is 12.8 Å². The summed E-state index contributed by atoms with van der Waals surface area (Å²) in [7, 11) is 0. The Morgan fingerprint density at radius 3 is 2.36 bits per heavy atom. The molecular weight excluding hydrogens is 146 g/mol. The summed E-state index contributed by atoms with van der Waals surface area (Å²) < 4.78 is 0. The third-order valence-corrected chi connectivity index (χ3v) is 0.996. The van der Waals surface area contributed by atoms with Crippen molar-refractivity contribution in [2.24, 2.45) is 0 Å². The van der Waals surface area contributed by atoms with Crippen LogP contribution < -0.4 is 5.32 Å². The molecule has 0 aromatic rings. The van der Waals surface area contributed by atoms with Gasteiger partial charge in [-0.3, -0.25) is 4.79 Å². The van der Waals surface area contributed by atoms with E-state index in [-0.39, 0.29) is 13.1 Å². The molecule has 0 heterocycles. The van der Waals surface area contributed by atoms with Gasteiger partial charge in [0.15, 0.2) is 0 Å². The van der Waals surface area contributed by atoms with E-state index >= 15 is 0 Å². The van der Waals surface area contributed by atoms with E-state index < -0.39 is 0 Å². The Hall–Kier alpha value is -0.610. The average molecular weight is 163 g/mol. The van der Waals surface area contributed by atoms with Crippen LogP contribution in [0.15, 0.2) is 0 Å². The Bertz CT molecular complexity index is 62.7. The number of hydrogen-bond acceptors (Lipinski definition) is 3. The molecular formula is C7H17NO3. The van der Waals surface area contributed by atoms with E-state index in [0.29, 0.717) is 0 Å². The van der Waals surface area contributed by atoms with Gasteiger partial charge in [-0.2, -0.15) is 0 Å². The van der Waals surface area contributed by atoms with Crippen molar-refractivity contribution in [3.63, 3.8) is 0 Å². The zero-order valence-electron chi connectivity index (χ0n) is 6.92. The number of carbonyl (C=O) groups is 1. The van der Waals surface area contributed by atoms with Gasteiger partial charge < -0.3 is 15.5 Å². The predicted octanol–water partition coefficient (Wildman–Crippen LogP) is 0.0692. The monoisotopic (exact) mass is 163 g/mol. The molecule has 0 aromatic carbocycles. The predicted molar refractivity (Wildman–Crippen MR) is 43.6 cm³/mol. The van der Waals surface area contributed by atoms with Gasteiger partial charge in [0.1, 0.15) is 0 Å². The molecule has 0 aliphatic heterocycles. The van der Waals surface area contributed by atoms with E-state index in [9.17, 15) is 0 Å². The van der Waals surface area contributed by atoms with Crippen LogP contribution in [-0.2, 0) is 4.79 Å². The van der Waals surface area contributed by atoms with Crippen LogP contribution >= 0.6 is 0 Å². The van der Waals surface area contributed by atoms with Gasteiger partial charge in [-0.1, -0.05) is 13.3 Å². The quantitative estimate of drug-likeness (QED) is 0.396. The second kappa shape index (κ2) is 16.2. The minimum Gasteiger partial charge on any atom is -0.483 e. The van der Waals surface area contributed by atoms with Gasteiger partial charge in [0.25, 0.3) is 6.47 Å². The molecule has 0 spiro atoms. The highest BCUT2D eigenvalue weighted by Crippen LogP contribution is 1.80. The normalized spacial score (nSPS) is 8.18. The van der Waals surface area contributed by atoms with Gasteiger partial charge in [-0.15, -0.1) is 0 Å². The van der Waals surface area contributed by atoms with Crippen LogP contribution in [0.1, 0.15) is 19.8 Å². The number of carboxylic acid groups (broad SMARTS) is 1. The van der Waals surface area contributed by atoms with Crippen molar-refractivity contribution in [1.82, 2.24) is 5.32 Å². The Kier molecular flexibility index (Phi) is 19.2. The third-order valence-electron chi connectivity index (χ3n) is 0.996. The fourth-order valence-electron chi connectivity index (χ4n) is 0.506. The lowest BCUT2D eigenvalue weighted by Gasteiger charge is -1.97. The summed E-state index contributed by atoms with van der Waals surface area (Å²) in [4.78, 5) is 8.36. The van der Waals surface area contributed by atoms with Crippen LogP contribution in [0.5, 0.6) is 0 Å². The van der Waals surface area contributed by atoms with Crippen LogP contribution in [0, 0.1) is 0 Å². The highest BCUT2D eigenvalue weighted by molar-refractivity contribution is 5.32. The Morgan fingerprint density at radius 1 is 1.45 bits per heavy atom. The molecule has 0 amide bonds. The first-order chi connectivity index (χ1) is 5.33. The molecule has 0 aliphatic rings. The van der Waals surface area contributed by atoms with Gasteiger partial charge in [-0.05, 0) is 13.0 Å². The zero-order valence-corrected chi connectivity index (χ0v) is 6.92. The number of unbranched alkanes of at least 4 members (excludes halogenated alkanes) is 1. The van der Waals surface area contributed by atoms with Crippen molar-refractivity contribution in [3.8, 4) is 0 Å². The van der Waals surface area contributed by atoms with E-state index in [1.807, 2.05) is 0 Å². The molecule has 0 aromatic heterocycles. The van der Waals surface area contributed by atoms with Gasteiger partial charge in [-0.25, -0.2) is 0 Å². The molecule has 0 bridgehead atoms. The number of nitrogens with one attached hydrogen (secondary N) is 1. The smallest absolute Gasteiger partial charge is 0.290 e. The highest BCUT2D eigenvalue weighted by atomic mass is 16.3. The number of aliphatic hydroxyl groups is 1. The minimum absolute atomic E-state index is 0.250. The second-order valence-corrected chi connectivity index (χ2v) is 1.93. The summed E-state index contributed by atoms with van der Waals surface area (Å²) in [6.07, 6.45) is 2.43. The van der Waals surface area contributed by atoms with Crippen molar-refractivity contribution in [2.75, 3.05) is 19.7 Å². The number of hydrogen-bond donors (Lipinski definition) is 3. The summed E-state index contributed by atoms with van der Waals surface area (Å²) in [6, 6.07) is 0. The number of rotatable bonds is 5. The molecule has 68 valence electrons. The molecule has 0 atom stereocenters. The van der Waals surface area contributed by atoms with Crippen LogP contribution in [-0.4, -0.2) is 36.4 Å². The van der Waals surface area contributed by atoms with Crippen molar-refractivity contribution >= 4 is 6.47 Å². The molecule has 4 nitrogen and oxygen atoms in total. The van der Waals surface area contributed by atoms with Gasteiger partial charge >= 0.3 is 0 Å². The fourth-order valence-corrected chi connectivity index (χ4v) is 0.506. The van der Waals surface area contributed by atoms with Crippen molar-refractivity contribution in [1.29, 1.82) is 0 Å². The lowest BCUT2D eigenvalue weighted by Crippen LogP contribution is -2.18. The van der Waals surface area contributed by atoms with Gasteiger partial charge in [0.2, 0.25) is 0 Å². The van der Waals surface area contributed by atoms with Crippen LogP contribution in [0.2, 0.25) is 0 Å². The number of aliphatic hydroxyl groups excluding tert-OH is 1. The third kappa shape index (κ3) is 26.6. The molecule has 0 saturated heterocycles. The van der Waals surface area contributed by atoms with Crippen LogP contribution in [0.4, 0.5) is 0 Å². The van der Waals surface area contributed by atoms with E-state index in [0.717, 1.165) is 13.1 Å². The summed E-state index contributed by atoms with van der Waals surface area (Å²) in [6.45, 7) is 3.93. The molecule has 3 N–H and O–H groups in total. The van der Waals surface area contributed by atoms with Crippen molar-refractivity contribution < 1.29 is 15.0 Å². The van der Waals surface area contributed by atoms with Gasteiger partial charge in [0, 0.05) is 6.54 Å². The molecule has 0 unspecified atom stereocenters. The Morgan fingerprint density at radius 2 is 2.00 bits per heavy atom. The fraction of sp³-hybridized carbons (Fsp3) is 0.857. The summed E-state index contributed by atoms with van der Waals surface area (Å²) in [5, 5.41) is 18.3. The first-order valence-corrected chi connectivity index (χ1v) is 3.72. The molecule has 0 radical (unpaired) electrons. The van der Waals surface area contributed by atoms with E-state index in [4.69, 9.17) is 15.0 Å². The molecule has 11 heavy (non-hydrogen) atoms. The van der Waals surface area contributed by atoms with Crippen LogP contribution in [0.3, 0.4) is 0 Å². The molecule has 0 aliphatic carbocycles. The molecule has 4 heteroatoms. The maximum atomic E-state index is 8.36. The topological polar surface area (TPSA) is 69.6 Å². The maximum absolute atomic E-state index is 8.36. The van der Waals surface area contributed by atoms with Crippen molar-refractivity contribution in [2.45, 2.75) is 19.8 Å². The SMILES string of the molecule is CCCCNCCO.O=CO. The summed E-state index contributed by atoms with van der Waals surface area (Å²) in [5.74, 6) is 0. The van der Waals surface area contributed by atoms with E-state index in [2.05, 4.69) is 12.2 Å². The first kappa shape index (κ1) is 13.0. The molecule has 0 fully saturated rings. The Balaban J connectivity index is 0. The Labute approximate surface area is 67.2 Å². The second-order valence-electron chi connectivity index (χ2n) is 1.93. The highest BCUT2D eigenvalue weighted by Gasteiger charge is 1.81. The van der Waals surface area contributed by atoms with E-state index in [1.54, 1.807) is 0 Å². The summed E-state index contributed by atoms with van der Waals surface area (Å²) >= 11 is 0. The minimum atomic E-state index is -0.250. The largest absolute Gasteiger partial charge is 0.483 e. The lowest BCUT2D eigenvalue weighted by molar-refractivity contribution is -0.122. The zero-order chi connectivity index (χ0) is 8.95. The molecule has 0 saturated carbocycles. The summed E-state index contributed by atoms with van der Waals surface area (Å²) in [5.41, 5.74) is 0. The standard InChI is InChI=1S/C6H15NO.CH2O2/c1-2-3-4-7-5-6-8;2-1-3/h7-8H,2-6H2,1H3;1H,(H,2,3). The lowest BCUT2D eigenvalue weighted by atomic mass is 10.3. The van der Waals surface area contributed by atoms with Crippen LogP contribution in [0.25, 0.3) is 0 Å². The van der Waals surface area contributed by atoms with Crippen molar-refractivity contribution in [3.05, 3.63) is 0 Å². The molecule has 0 rings (SSSR count). The van der Waals surface area contributed by atoms with Gasteiger partial charge in [0.05, 0.1) is 6.61 Å². The maximum Gasteiger partial charge on any atom is 0.290 e.